The maximum atomic E-state index is 9.99. The summed E-state index contributed by atoms with van der Waals surface area (Å²) in [6.07, 6.45) is 5.04. The third kappa shape index (κ3) is 4.22. The Labute approximate surface area is 92.7 Å². The summed E-state index contributed by atoms with van der Waals surface area (Å²) in [6, 6.07) is 0. The molecule has 1 N–H and O–H groups in total. The van der Waals surface area contributed by atoms with Crippen molar-refractivity contribution in [2.45, 2.75) is 57.8 Å². The van der Waals surface area contributed by atoms with Crippen LogP contribution in [0.1, 0.15) is 46.5 Å². The van der Waals surface area contributed by atoms with E-state index in [2.05, 4.69) is 20.8 Å². The second-order valence-electron chi connectivity index (χ2n) is 4.97. The average Bonchev–Trinajstić information content (AvgIpc) is 2.15. The van der Waals surface area contributed by atoms with Crippen molar-refractivity contribution in [3.05, 3.63) is 0 Å². The van der Waals surface area contributed by atoms with E-state index in [9.17, 15) is 5.11 Å². The lowest BCUT2D eigenvalue weighted by Crippen LogP contribution is -2.27. The van der Waals surface area contributed by atoms with Gasteiger partial charge in [-0.25, -0.2) is 0 Å². The van der Waals surface area contributed by atoms with Crippen molar-refractivity contribution in [2.75, 3.05) is 5.75 Å². The first kappa shape index (κ1) is 12.4. The van der Waals surface area contributed by atoms with Crippen molar-refractivity contribution >= 4 is 11.8 Å². The summed E-state index contributed by atoms with van der Waals surface area (Å²) in [5.74, 6) is 2.39. The Hall–Kier alpha value is 0.310. The van der Waals surface area contributed by atoms with Gasteiger partial charge in [-0.1, -0.05) is 33.6 Å². The fourth-order valence-electron chi connectivity index (χ4n) is 2.10. The van der Waals surface area contributed by atoms with E-state index in [4.69, 9.17) is 0 Å². The largest absolute Gasteiger partial charge is 0.392 e. The minimum absolute atomic E-state index is 0.0603. The smallest absolute Gasteiger partial charge is 0.0658 e. The molecule has 14 heavy (non-hydrogen) atoms. The van der Waals surface area contributed by atoms with Crippen LogP contribution in [0.2, 0.25) is 0 Å². The van der Waals surface area contributed by atoms with Gasteiger partial charge in [-0.15, -0.1) is 0 Å². The SMILES string of the molecule is CC1CCC(C(O)CSC(C)C)CC1. The van der Waals surface area contributed by atoms with Crippen molar-refractivity contribution in [1.29, 1.82) is 0 Å². The molecule has 84 valence electrons. The third-order valence-corrected chi connectivity index (χ3v) is 4.41. The Kier molecular flexibility index (Phi) is 5.32. The fraction of sp³-hybridized carbons (Fsp3) is 1.00. The molecule has 1 aliphatic rings. The number of hydrogen-bond acceptors (Lipinski definition) is 2. The van der Waals surface area contributed by atoms with E-state index in [0.29, 0.717) is 11.2 Å². The number of thioether (sulfide) groups is 1. The van der Waals surface area contributed by atoms with Gasteiger partial charge in [-0.3, -0.25) is 0 Å². The maximum Gasteiger partial charge on any atom is 0.0658 e. The van der Waals surface area contributed by atoms with Crippen LogP contribution in [0.4, 0.5) is 0 Å². The summed E-state index contributed by atoms with van der Waals surface area (Å²) >= 11 is 1.88. The molecule has 1 saturated carbocycles. The van der Waals surface area contributed by atoms with E-state index in [0.717, 1.165) is 11.7 Å². The minimum atomic E-state index is -0.0603. The number of aliphatic hydroxyl groups excluding tert-OH is 1. The molecule has 1 aliphatic carbocycles. The molecule has 0 bridgehead atoms. The van der Waals surface area contributed by atoms with Gasteiger partial charge in [0.2, 0.25) is 0 Å². The number of hydrogen-bond donors (Lipinski definition) is 1. The minimum Gasteiger partial charge on any atom is -0.392 e. The van der Waals surface area contributed by atoms with E-state index in [-0.39, 0.29) is 6.10 Å². The molecule has 0 aromatic rings. The quantitative estimate of drug-likeness (QED) is 0.778. The number of aliphatic hydroxyl groups is 1. The third-order valence-electron chi connectivity index (χ3n) is 3.20. The van der Waals surface area contributed by atoms with Crippen molar-refractivity contribution in [2.24, 2.45) is 11.8 Å². The van der Waals surface area contributed by atoms with Crippen LogP contribution in [0, 0.1) is 11.8 Å². The van der Waals surface area contributed by atoms with E-state index in [1.54, 1.807) is 0 Å². The summed E-state index contributed by atoms with van der Waals surface area (Å²) < 4.78 is 0. The summed E-state index contributed by atoms with van der Waals surface area (Å²) in [5.41, 5.74) is 0. The van der Waals surface area contributed by atoms with Crippen molar-refractivity contribution in [1.82, 2.24) is 0 Å². The molecule has 1 unspecified atom stereocenters. The second kappa shape index (κ2) is 6.02. The first-order valence-electron chi connectivity index (χ1n) is 5.89. The molecule has 1 nitrogen and oxygen atoms in total. The standard InChI is InChI=1S/C12H24OS/c1-9(2)14-8-12(13)11-6-4-10(3)5-7-11/h9-13H,4-8H2,1-3H3. The van der Waals surface area contributed by atoms with Crippen molar-refractivity contribution in [3.8, 4) is 0 Å². The average molecular weight is 216 g/mol. The van der Waals surface area contributed by atoms with E-state index in [1.165, 1.54) is 25.7 Å². The van der Waals surface area contributed by atoms with E-state index >= 15 is 0 Å². The molecule has 0 aliphatic heterocycles. The molecule has 1 rings (SSSR count). The first-order valence-corrected chi connectivity index (χ1v) is 6.94. The lowest BCUT2D eigenvalue weighted by molar-refractivity contribution is 0.0946. The molecule has 0 saturated heterocycles. The molecular formula is C12H24OS. The molecule has 2 heteroatoms. The summed E-state index contributed by atoms with van der Waals surface area (Å²) in [7, 11) is 0. The zero-order chi connectivity index (χ0) is 10.6. The van der Waals surface area contributed by atoms with Gasteiger partial charge in [0, 0.05) is 5.75 Å². The molecule has 0 amide bonds. The fourth-order valence-corrected chi connectivity index (χ4v) is 2.95. The molecular weight excluding hydrogens is 192 g/mol. The Morgan fingerprint density at radius 2 is 1.79 bits per heavy atom. The predicted molar refractivity (Wildman–Crippen MR) is 64.7 cm³/mol. The Balaban J connectivity index is 2.20. The van der Waals surface area contributed by atoms with Gasteiger partial charge in [-0.05, 0) is 29.9 Å². The van der Waals surface area contributed by atoms with Gasteiger partial charge >= 0.3 is 0 Å². The highest BCUT2D eigenvalue weighted by molar-refractivity contribution is 7.99. The van der Waals surface area contributed by atoms with Gasteiger partial charge in [-0.2, -0.15) is 11.8 Å². The predicted octanol–water partition coefficient (Wildman–Crippen LogP) is 3.32. The summed E-state index contributed by atoms with van der Waals surface area (Å²) in [6.45, 7) is 6.71. The zero-order valence-electron chi connectivity index (χ0n) is 9.70. The highest BCUT2D eigenvalue weighted by Crippen LogP contribution is 2.31. The monoisotopic (exact) mass is 216 g/mol. The van der Waals surface area contributed by atoms with Crippen LogP contribution in [-0.4, -0.2) is 22.2 Å². The van der Waals surface area contributed by atoms with Crippen LogP contribution in [0.15, 0.2) is 0 Å². The molecule has 0 heterocycles. The topological polar surface area (TPSA) is 20.2 Å². The molecule has 0 spiro atoms. The molecule has 0 aromatic carbocycles. The lowest BCUT2D eigenvalue weighted by Gasteiger charge is -2.29. The van der Waals surface area contributed by atoms with Crippen LogP contribution < -0.4 is 0 Å². The van der Waals surface area contributed by atoms with E-state index < -0.39 is 0 Å². The highest BCUT2D eigenvalue weighted by atomic mass is 32.2. The lowest BCUT2D eigenvalue weighted by atomic mass is 9.81. The summed E-state index contributed by atoms with van der Waals surface area (Å²) in [5, 5.41) is 10.6. The van der Waals surface area contributed by atoms with Crippen LogP contribution in [0.5, 0.6) is 0 Å². The van der Waals surface area contributed by atoms with E-state index in [1.807, 2.05) is 11.8 Å². The van der Waals surface area contributed by atoms with Crippen molar-refractivity contribution in [3.63, 3.8) is 0 Å². The second-order valence-corrected chi connectivity index (χ2v) is 6.58. The number of rotatable bonds is 4. The van der Waals surface area contributed by atoms with Gasteiger partial charge < -0.3 is 5.11 Å². The Morgan fingerprint density at radius 3 is 2.29 bits per heavy atom. The van der Waals surface area contributed by atoms with Gasteiger partial charge in [0.15, 0.2) is 0 Å². The summed E-state index contributed by atoms with van der Waals surface area (Å²) in [4.78, 5) is 0. The highest BCUT2D eigenvalue weighted by Gasteiger charge is 2.24. The van der Waals surface area contributed by atoms with Crippen LogP contribution >= 0.6 is 11.8 Å². The normalized spacial score (nSPS) is 30.6. The van der Waals surface area contributed by atoms with Crippen LogP contribution in [0.3, 0.4) is 0 Å². The van der Waals surface area contributed by atoms with Gasteiger partial charge in [0.1, 0.15) is 0 Å². The first-order chi connectivity index (χ1) is 6.59. The Morgan fingerprint density at radius 1 is 1.21 bits per heavy atom. The maximum absolute atomic E-state index is 9.99. The zero-order valence-corrected chi connectivity index (χ0v) is 10.5. The van der Waals surface area contributed by atoms with Gasteiger partial charge in [0.05, 0.1) is 6.10 Å². The van der Waals surface area contributed by atoms with Crippen molar-refractivity contribution < 1.29 is 5.11 Å². The molecule has 1 atom stereocenters. The molecule has 0 aromatic heterocycles. The Bertz CT molecular complexity index is 150. The molecule has 1 fully saturated rings. The van der Waals surface area contributed by atoms with Crippen LogP contribution in [-0.2, 0) is 0 Å². The van der Waals surface area contributed by atoms with Crippen LogP contribution in [0.25, 0.3) is 0 Å². The van der Waals surface area contributed by atoms with Gasteiger partial charge in [0.25, 0.3) is 0 Å². The molecule has 0 radical (unpaired) electrons.